The van der Waals surface area contributed by atoms with E-state index in [9.17, 15) is 23.1 Å². The predicted molar refractivity (Wildman–Crippen MR) is 100 cm³/mol. The van der Waals surface area contributed by atoms with Crippen LogP contribution in [0.4, 0.5) is 18.9 Å². The van der Waals surface area contributed by atoms with E-state index in [0.29, 0.717) is 11.3 Å². The van der Waals surface area contributed by atoms with Gasteiger partial charge >= 0.3 is 6.36 Å². The fourth-order valence-corrected chi connectivity index (χ4v) is 3.53. The molecule has 3 aromatic carbocycles. The average Bonchev–Trinajstić information content (AvgIpc) is 2.91. The number of nitrogens with zero attached hydrogens (tertiary/aromatic N) is 1. The van der Waals surface area contributed by atoms with Crippen LogP contribution in [0.25, 0.3) is 0 Å². The molecule has 0 aromatic heterocycles. The molecular formula is C22H16F3NO3. The second-order valence-corrected chi connectivity index (χ2v) is 6.68. The largest absolute Gasteiger partial charge is 0.573 e. The molecular weight excluding hydrogens is 383 g/mol. The molecule has 1 N–H and O–H groups in total. The van der Waals surface area contributed by atoms with Crippen LogP contribution in [0.15, 0.2) is 78.9 Å². The number of hydrogen-bond acceptors (Lipinski definition) is 3. The Morgan fingerprint density at radius 2 is 1.52 bits per heavy atom. The van der Waals surface area contributed by atoms with E-state index in [-0.39, 0.29) is 12.1 Å². The number of para-hydroxylation sites is 1. The van der Waals surface area contributed by atoms with Crippen molar-refractivity contribution in [1.29, 1.82) is 0 Å². The first-order chi connectivity index (χ1) is 13.8. The number of alkyl halides is 3. The van der Waals surface area contributed by atoms with Crippen molar-refractivity contribution in [2.45, 2.75) is 18.5 Å². The highest BCUT2D eigenvalue weighted by Gasteiger charge is 2.50. The highest BCUT2D eigenvalue weighted by molar-refractivity contribution is 6.09. The topological polar surface area (TPSA) is 49.8 Å². The van der Waals surface area contributed by atoms with Gasteiger partial charge in [0.15, 0.2) is 5.60 Å². The van der Waals surface area contributed by atoms with Crippen molar-refractivity contribution in [3.63, 3.8) is 0 Å². The van der Waals surface area contributed by atoms with Crippen molar-refractivity contribution in [2.75, 3.05) is 4.90 Å². The van der Waals surface area contributed by atoms with Crippen molar-refractivity contribution >= 4 is 11.6 Å². The zero-order valence-corrected chi connectivity index (χ0v) is 15.1. The Morgan fingerprint density at radius 3 is 2.17 bits per heavy atom. The summed E-state index contributed by atoms with van der Waals surface area (Å²) in [6.07, 6.45) is -4.82. The third kappa shape index (κ3) is 3.45. The van der Waals surface area contributed by atoms with E-state index in [2.05, 4.69) is 4.74 Å². The third-order valence-electron chi connectivity index (χ3n) is 4.83. The van der Waals surface area contributed by atoms with Crippen LogP contribution in [0.2, 0.25) is 0 Å². The Hall–Kier alpha value is -3.32. The van der Waals surface area contributed by atoms with E-state index in [4.69, 9.17) is 0 Å². The number of carbonyl (C=O) groups excluding carboxylic acids is 1. The van der Waals surface area contributed by atoms with Gasteiger partial charge in [0.1, 0.15) is 5.75 Å². The van der Waals surface area contributed by atoms with E-state index >= 15 is 0 Å². The first kappa shape index (κ1) is 19.0. The minimum atomic E-state index is -4.82. The standard InChI is InChI=1S/C22H16F3NO3/c23-22(24,25)29-17-12-10-16(11-13-17)21(28)18-8-4-5-9-19(18)26(20(21)27)14-15-6-2-1-3-7-15/h1-13,28H,14H2. The van der Waals surface area contributed by atoms with E-state index < -0.39 is 23.6 Å². The van der Waals surface area contributed by atoms with Crippen LogP contribution in [0, 0.1) is 0 Å². The Labute approximate surface area is 164 Å². The van der Waals surface area contributed by atoms with Crippen LogP contribution in [0.5, 0.6) is 5.75 Å². The van der Waals surface area contributed by atoms with Gasteiger partial charge in [-0.2, -0.15) is 0 Å². The van der Waals surface area contributed by atoms with Gasteiger partial charge < -0.3 is 14.7 Å². The number of ether oxygens (including phenoxy) is 1. The first-order valence-corrected chi connectivity index (χ1v) is 8.83. The molecule has 0 aliphatic carbocycles. The summed E-state index contributed by atoms with van der Waals surface area (Å²) in [6, 6.07) is 20.8. The second kappa shape index (κ2) is 6.93. The van der Waals surface area contributed by atoms with Crippen molar-refractivity contribution in [3.05, 3.63) is 95.6 Å². The number of hydrogen-bond donors (Lipinski definition) is 1. The van der Waals surface area contributed by atoms with Gasteiger partial charge in [-0.15, -0.1) is 13.2 Å². The molecule has 29 heavy (non-hydrogen) atoms. The molecule has 1 heterocycles. The SMILES string of the molecule is O=C1N(Cc2ccccc2)c2ccccc2C1(O)c1ccc(OC(F)(F)F)cc1. The fourth-order valence-electron chi connectivity index (χ4n) is 3.53. The fraction of sp³-hybridized carbons (Fsp3) is 0.136. The number of benzene rings is 3. The lowest BCUT2D eigenvalue weighted by molar-refractivity contribution is -0.274. The highest BCUT2D eigenvalue weighted by atomic mass is 19.4. The minimum absolute atomic E-state index is 0.167. The van der Waals surface area contributed by atoms with Gasteiger partial charge in [-0.25, -0.2) is 0 Å². The zero-order chi connectivity index (χ0) is 20.6. The maximum absolute atomic E-state index is 13.3. The summed E-state index contributed by atoms with van der Waals surface area (Å²) in [5, 5.41) is 11.4. The summed E-state index contributed by atoms with van der Waals surface area (Å²) < 4.78 is 41.1. The quantitative estimate of drug-likeness (QED) is 0.709. The molecule has 1 aliphatic heterocycles. The summed E-state index contributed by atoms with van der Waals surface area (Å²) in [6.45, 7) is 0.258. The molecule has 0 fully saturated rings. The van der Waals surface area contributed by atoms with Gasteiger partial charge in [-0.05, 0) is 29.3 Å². The van der Waals surface area contributed by atoms with Crippen LogP contribution in [0.1, 0.15) is 16.7 Å². The van der Waals surface area contributed by atoms with Gasteiger partial charge in [0.25, 0.3) is 5.91 Å². The van der Waals surface area contributed by atoms with E-state index in [1.165, 1.54) is 17.0 Å². The maximum Gasteiger partial charge on any atom is 0.573 e. The summed E-state index contributed by atoms with van der Waals surface area (Å²) in [5.41, 5.74) is -0.0129. The molecule has 3 aromatic rings. The Balaban J connectivity index is 1.72. The van der Waals surface area contributed by atoms with Crippen molar-refractivity contribution in [3.8, 4) is 5.75 Å². The Kier molecular flexibility index (Phi) is 4.55. The van der Waals surface area contributed by atoms with Crippen LogP contribution in [-0.2, 0) is 16.9 Å². The van der Waals surface area contributed by atoms with E-state index in [0.717, 1.165) is 17.7 Å². The molecule has 1 aliphatic rings. The second-order valence-electron chi connectivity index (χ2n) is 6.68. The molecule has 4 rings (SSSR count). The highest BCUT2D eigenvalue weighted by Crippen LogP contribution is 2.45. The minimum Gasteiger partial charge on any atom is -0.406 e. The van der Waals surface area contributed by atoms with Gasteiger partial charge in [0, 0.05) is 5.56 Å². The Morgan fingerprint density at radius 1 is 0.897 bits per heavy atom. The molecule has 1 amide bonds. The van der Waals surface area contributed by atoms with Crippen LogP contribution in [0.3, 0.4) is 0 Å². The Bertz CT molecular complexity index is 1040. The van der Waals surface area contributed by atoms with Crippen molar-refractivity contribution in [2.24, 2.45) is 0 Å². The lowest BCUT2D eigenvalue weighted by Gasteiger charge is -2.24. The van der Waals surface area contributed by atoms with Gasteiger partial charge in [-0.3, -0.25) is 4.79 Å². The molecule has 148 valence electrons. The summed E-state index contributed by atoms with van der Waals surface area (Å²) in [5.74, 6) is -0.989. The summed E-state index contributed by atoms with van der Waals surface area (Å²) in [7, 11) is 0. The average molecular weight is 399 g/mol. The summed E-state index contributed by atoms with van der Waals surface area (Å²) in [4.78, 5) is 14.7. The summed E-state index contributed by atoms with van der Waals surface area (Å²) >= 11 is 0. The molecule has 1 unspecified atom stereocenters. The van der Waals surface area contributed by atoms with E-state index in [1.54, 1.807) is 24.3 Å². The smallest absolute Gasteiger partial charge is 0.406 e. The predicted octanol–water partition coefficient (Wildman–Crippen LogP) is 4.37. The van der Waals surface area contributed by atoms with Crippen molar-refractivity contribution < 1.29 is 27.8 Å². The number of amides is 1. The van der Waals surface area contributed by atoms with Gasteiger partial charge in [-0.1, -0.05) is 60.7 Å². The number of fused-ring (bicyclic) bond motifs is 1. The van der Waals surface area contributed by atoms with Crippen LogP contribution >= 0.6 is 0 Å². The molecule has 0 bridgehead atoms. The number of halogens is 3. The molecule has 0 radical (unpaired) electrons. The van der Waals surface area contributed by atoms with E-state index in [1.807, 2.05) is 30.3 Å². The van der Waals surface area contributed by atoms with Crippen LogP contribution < -0.4 is 9.64 Å². The first-order valence-electron chi connectivity index (χ1n) is 8.83. The zero-order valence-electron chi connectivity index (χ0n) is 15.1. The van der Waals surface area contributed by atoms with Crippen LogP contribution in [-0.4, -0.2) is 17.4 Å². The number of aliphatic hydroxyl groups is 1. The number of anilines is 1. The lowest BCUT2D eigenvalue weighted by Crippen LogP contribution is -2.40. The third-order valence-corrected chi connectivity index (χ3v) is 4.83. The molecule has 0 spiro atoms. The maximum atomic E-state index is 13.3. The lowest BCUT2D eigenvalue weighted by atomic mass is 9.87. The van der Waals surface area contributed by atoms with Crippen molar-refractivity contribution in [1.82, 2.24) is 0 Å². The number of carbonyl (C=O) groups is 1. The molecule has 0 saturated carbocycles. The monoisotopic (exact) mass is 399 g/mol. The molecule has 1 atom stereocenters. The molecule has 7 heteroatoms. The van der Waals surface area contributed by atoms with Gasteiger partial charge in [0.05, 0.1) is 12.2 Å². The number of rotatable bonds is 4. The molecule has 4 nitrogen and oxygen atoms in total. The van der Waals surface area contributed by atoms with Gasteiger partial charge in [0.2, 0.25) is 0 Å². The normalized spacial score (nSPS) is 18.6. The molecule has 0 saturated heterocycles.